The van der Waals surface area contributed by atoms with Gasteiger partial charge in [-0.25, -0.2) is 4.79 Å². The SMILES string of the molecule is COc1ccc(CN(C)C(=O)COC(=O)C2=NN(c3ccccc3)C(C(N)=O)C2)cc1. The Kier molecular flexibility index (Phi) is 6.86. The zero-order valence-electron chi connectivity index (χ0n) is 17.4. The second-order valence-corrected chi connectivity index (χ2v) is 7.02. The van der Waals surface area contributed by atoms with E-state index in [1.165, 1.54) is 9.91 Å². The van der Waals surface area contributed by atoms with Gasteiger partial charge in [0.2, 0.25) is 5.91 Å². The average molecular weight is 424 g/mol. The largest absolute Gasteiger partial charge is 0.497 e. The van der Waals surface area contributed by atoms with E-state index in [-0.39, 0.29) is 18.0 Å². The lowest BCUT2D eigenvalue weighted by molar-refractivity contribution is -0.146. The molecule has 0 bridgehead atoms. The van der Waals surface area contributed by atoms with Gasteiger partial charge < -0.3 is 20.1 Å². The Hall–Kier alpha value is -3.88. The molecule has 1 aliphatic rings. The van der Waals surface area contributed by atoms with Gasteiger partial charge in [-0.15, -0.1) is 0 Å². The van der Waals surface area contributed by atoms with Crippen molar-refractivity contribution in [3.05, 3.63) is 60.2 Å². The van der Waals surface area contributed by atoms with Crippen LogP contribution in [-0.2, 0) is 25.7 Å². The molecule has 2 amide bonds. The van der Waals surface area contributed by atoms with E-state index in [0.717, 1.165) is 11.3 Å². The first-order valence-electron chi connectivity index (χ1n) is 9.64. The van der Waals surface area contributed by atoms with Crippen LogP contribution in [-0.4, -0.2) is 55.2 Å². The van der Waals surface area contributed by atoms with Crippen LogP contribution in [0, 0.1) is 0 Å². The van der Waals surface area contributed by atoms with Crippen molar-refractivity contribution in [2.24, 2.45) is 10.8 Å². The summed E-state index contributed by atoms with van der Waals surface area (Å²) in [6.45, 7) is -0.0794. The Labute approximate surface area is 180 Å². The number of amides is 2. The van der Waals surface area contributed by atoms with Gasteiger partial charge >= 0.3 is 5.97 Å². The maximum atomic E-state index is 12.4. The number of esters is 1. The number of carbonyl (C=O) groups is 3. The van der Waals surface area contributed by atoms with E-state index in [1.807, 2.05) is 18.2 Å². The van der Waals surface area contributed by atoms with E-state index in [2.05, 4.69) is 5.10 Å². The maximum Gasteiger partial charge on any atom is 0.355 e. The van der Waals surface area contributed by atoms with Crippen molar-refractivity contribution in [2.45, 2.75) is 19.0 Å². The van der Waals surface area contributed by atoms with Crippen LogP contribution < -0.4 is 15.5 Å². The van der Waals surface area contributed by atoms with Gasteiger partial charge in [0, 0.05) is 20.0 Å². The van der Waals surface area contributed by atoms with E-state index in [0.29, 0.717) is 12.2 Å². The molecular weight excluding hydrogens is 400 g/mol. The van der Waals surface area contributed by atoms with Crippen LogP contribution in [0.4, 0.5) is 5.69 Å². The van der Waals surface area contributed by atoms with E-state index >= 15 is 0 Å². The first-order chi connectivity index (χ1) is 14.9. The molecule has 0 spiro atoms. The van der Waals surface area contributed by atoms with Crippen LogP contribution >= 0.6 is 0 Å². The molecule has 2 N–H and O–H groups in total. The Morgan fingerprint density at radius 3 is 2.42 bits per heavy atom. The standard InChI is InChI=1S/C22H24N4O5/c1-25(13-15-8-10-17(30-2)11-9-15)20(27)14-31-22(29)18-12-19(21(23)28)26(24-18)16-6-4-3-5-7-16/h3-11,19H,12-14H2,1-2H3,(H2,23,28). The molecular formula is C22H24N4O5. The van der Waals surface area contributed by atoms with Gasteiger partial charge in [-0.1, -0.05) is 30.3 Å². The summed E-state index contributed by atoms with van der Waals surface area (Å²) < 4.78 is 10.2. The first-order valence-corrected chi connectivity index (χ1v) is 9.64. The zero-order chi connectivity index (χ0) is 22.4. The molecule has 9 nitrogen and oxygen atoms in total. The Bertz CT molecular complexity index is 975. The quantitative estimate of drug-likeness (QED) is 0.639. The number of nitrogens with two attached hydrogens (primary N) is 1. The fraction of sp³-hybridized carbons (Fsp3) is 0.273. The first kappa shape index (κ1) is 21.8. The summed E-state index contributed by atoms with van der Waals surface area (Å²) in [6, 6.07) is 15.4. The molecule has 1 unspecified atom stereocenters. The van der Waals surface area contributed by atoms with Crippen LogP contribution in [0.5, 0.6) is 5.75 Å². The van der Waals surface area contributed by atoms with Crippen LogP contribution in [0.15, 0.2) is 59.7 Å². The summed E-state index contributed by atoms with van der Waals surface area (Å²) in [5.74, 6) is -1.00. The second-order valence-electron chi connectivity index (χ2n) is 7.02. The number of anilines is 1. The number of carbonyl (C=O) groups excluding carboxylic acids is 3. The molecule has 1 heterocycles. The van der Waals surface area contributed by atoms with Crippen LogP contribution in [0.2, 0.25) is 0 Å². The zero-order valence-corrected chi connectivity index (χ0v) is 17.4. The summed E-state index contributed by atoms with van der Waals surface area (Å²) in [6.07, 6.45) is 0.0128. The van der Waals surface area contributed by atoms with Gasteiger partial charge in [-0.05, 0) is 29.8 Å². The highest BCUT2D eigenvalue weighted by atomic mass is 16.5. The van der Waals surface area contributed by atoms with Gasteiger partial charge in [0.1, 0.15) is 17.5 Å². The number of hydrazone groups is 1. The number of nitrogens with zero attached hydrogens (tertiary/aromatic N) is 3. The molecule has 0 aliphatic carbocycles. The second kappa shape index (κ2) is 9.75. The molecule has 31 heavy (non-hydrogen) atoms. The molecule has 162 valence electrons. The molecule has 0 aromatic heterocycles. The van der Waals surface area contributed by atoms with Crippen molar-refractivity contribution >= 4 is 29.2 Å². The van der Waals surface area contributed by atoms with Crippen LogP contribution in [0.25, 0.3) is 0 Å². The minimum atomic E-state index is -0.793. The third kappa shape index (κ3) is 5.39. The number of hydrogen-bond donors (Lipinski definition) is 1. The van der Waals surface area contributed by atoms with Gasteiger partial charge in [0.25, 0.3) is 5.91 Å². The number of methoxy groups -OCH3 is 1. The molecule has 0 fully saturated rings. The number of hydrogen-bond acceptors (Lipinski definition) is 7. The molecule has 1 aliphatic heterocycles. The molecule has 0 radical (unpaired) electrons. The number of benzene rings is 2. The number of primary amides is 1. The number of ether oxygens (including phenoxy) is 2. The predicted octanol–water partition coefficient (Wildman–Crippen LogP) is 1.32. The lowest BCUT2D eigenvalue weighted by Crippen LogP contribution is -2.39. The molecule has 0 saturated heterocycles. The van der Waals surface area contributed by atoms with Crippen LogP contribution in [0.1, 0.15) is 12.0 Å². The Balaban J connectivity index is 1.57. The average Bonchev–Trinajstić information content (AvgIpc) is 3.24. The number of likely N-dealkylation sites (N-methyl/N-ethyl adjacent to an activating group) is 1. The maximum absolute atomic E-state index is 12.4. The predicted molar refractivity (Wildman–Crippen MR) is 114 cm³/mol. The van der Waals surface area contributed by atoms with Crippen molar-refractivity contribution in [1.82, 2.24) is 4.90 Å². The Morgan fingerprint density at radius 2 is 1.81 bits per heavy atom. The summed E-state index contributed by atoms with van der Waals surface area (Å²) in [4.78, 5) is 38.0. The summed E-state index contributed by atoms with van der Waals surface area (Å²) in [5.41, 5.74) is 7.04. The van der Waals surface area contributed by atoms with E-state index in [1.54, 1.807) is 50.6 Å². The topological polar surface area (TPSA) is 115 Å². The van der Waals surface area contributed by atoms with Gasteiger partial charge in [-0.2, -0.15) is 5.10 Å². The number of rotatable bonds is 8. The smallest absolute Gasteiger partial charge is 0.355 e. The fourth-order valence-corrected chi connectivity index (χ4v) is 3.09. The lowest BCUT2D eigenvalue weighted by atomic mass is 10.1. The molecule has 3 rings (SSSR count). The van der Waals surface area contributed by atoms with Gasteiger partial charge in [0.05, 0.1) is 12.8 Å². The minimum absolute atomic E-state index is 0.0128. The monoisotopic (exact) mass is 424 g/mol. The van der Waals surface area contributed by atoms with Crippen molar-refractivity contribution in [3.8, 4) is 5.75 Å². The molecule has 1 atom stereocenters. The van der Waals surface area contributed by atoms with Gasteiger partial charge in [-0.3, -0.25) is 14.6 Å². The normalized spacial score (nSPS) is 15.2. The molecule has 2 aromatic rings. The van der Waals surface area contributed by atoms with E-state index in [9.17, 15) is 14.4 Å². The fourth-order valence-electron chi connectivity index (χ4n) is 3.09. The molecule has 0 saturated carbocycles. The van der Waals surface area contributed by atoms with Crippen LogP contribution in [0.3, 0.4) is 0 Å². The molecule has 9 heteroatoms. The van der Waals surface area contributed by atoms with Crippen molar-refractivity contribution in [1.29, 1.82) is 0 Å². The number of para-hydroxylation sites is 1. The van der Waals surface area contributed by atoms with E-state index < -0.39 is 24.5 Å². The summed E-state index contributed by atoms with van der Waals surface area (Å²) >= 11 is 0. The summed E-state index contributed by atoms with van der Waals surface area (Å²) in [7, 11) is 3.20. The highest BCUT2D eigenvalue weighted by Gasteiger charge is 2.35. The van der Waals surface area contributed by atoms with Crippen molar-refractivity contribution in [3.63, 3.8) is 0 Å². The minimum Gasteiger partial charge on any atom is -0.497 e. The van der Waals surface area contributed by atoms with Crippen molar-refractivity contribution < 1.29 is 23.9 Å². The van der Waals surface area contributed by atoms with E-state index in [4.69, 9.17) is 15.2 Å². The lowest BCUT2D eigenvalue weighted by Gasteiger charge is -2.20. The Morgan fingerprint density at radius 1 is 1.13 bits per heavy atom. The van der Waals surface area contributed by atoms with Gasteiger partial charge in [0.15, 0.2) is 6.61 Å². The third-order valence-corrected chi connectivity index (χ3v) is 4.83. The highest BCUT2D eigenvalue weighted by Crippen LogP contribution is 2.24. The molecule has 2 aromatic carbocycles. The van der Waals surface area contributed by atoms with Crippen molar-refractivity contribution in [2.75, 3.05) is 25.8 Å². The highest BCUT2D eigenvalue weighted by molar-refractivity contribution is 6.38. The summed E-state index contributed by atoms with van der Waals surface area (Å²) in [5, 5.41) is 5.60. The third-order valence-electron chi connectivity index (χ3n) is 4.83.